The lowest BCUT2D eigenvalue weighted by molar-refractivity contribution is 0.372. The highest BCUT2D eigenvalue weighted by Crippen LogP contribution is 2.33. The van der Waals surface area contributed by atoms with Crippen LogP contribution in [0.5, 0.6) is 0 Å². The molecule has 2 aromatic carbocycles. The third kappa shape index (κ3) is 3.16. The van der Waals surface area contributed by atoms with Gasteiger partial charge in [0.05, 0.1) is 0 Å². The lowest BCUT2D eigenvalue weighted by Gasteiger charge is -2.09. The maximum Gasteiger partial charge on any atom is 0.200 e. The Hall–Kier alpha value is -1.28. The van der Waals surface area contributed by atoms with Crippen molar-refractivity contribution in [1.29, 1.82) is 0 Å². The first-order valence-corrected chi connectivity index (χ1v) is 7.29. The predicted molar refractivity (Wildman–Crippen MR) is 74.3 cm³/mol. The number of nitrogens with two attached hydrogens (primary N) is 1. The lowest BCUT2D eigenvalue weighted by Crippen LogP contribution is -2.06. The van der Waals surface area contributed by atoms with Gasteiger partial charge in [0.1, 0.15) is 0 Å². The van der Waals surface area contributed by atoms with Crippen LogP contribution >= 0.6 is 27.7 Å². The van der Waals surface area contributed by atoms with E-state index >= 15 is 0 Å². The van der Waals surface area contributed by atoms with Gasteiger partial charge in [0.25, 0.3) is 0 Å². The Labute approximate surface area is 129 Å². The van der Waals surface area contributed by atoms with Gasteiger partial charge in [0, 0.05) is 26.4 Å². The standard InChI is InChI=1S/C13H7BrF5NS/c14-5-1-2-8(7(20)3-5)21-4-6-9(15)11(17)13(19)12(18)10(6)16/h1-3H,4,20H2. The van der Waals surface area contributed by atoms with Gasteiger partial charge in [0.2, 0.25) is 5.82 Å². The highest BCUT2D eigenvalue weighted by atomic mass is 79.9. The molecule has 0 amide bonds. The minimum absolute atomic E-state index is 0.332. The molecule has 0 fully saturated rings. The summed E-state index contributed by atoms with van der Waals surface area (Å²) in [4.78, 5) is 0.474. The van der Waals surface area contributed by atoms with Gasteiger partial charge in [-0.15, -0.1) is 11.8 Å². The summed E-state index contributed by atoms with van der Waals surface area (Å²) in [5.41, 5.74) is 5.15. The first-order valence-electron chi connectivity index (χ1n) is 5.51. The molecular formula is C13H7BrF5NS. The van der Waals surface area contributed by atoms with E-state index in [0.717, 1.165) is 11.8 Å². The molecule has 1 nitrogen and oxygen atoms in total. The molecule has 0 aliphatic heterocycles. The summed E-state index contributed by atoms with van der Waals surface area (Å²) in [6.07, 6.45) is 0. The fraction of sp³-hybridized carbons (Fsp3) is 0.0769. The van der Waals surface area contributed by atoms with Crippen LogP contribution < -0.4 is 5.73 Å². The van der Waals surface area contributed by atoms with Gasteiger partial charge in [-0.25, -0.2) is 22.0 Å². The van der Waals surface area contributed by atoms with Gasteiger partial charge in [0.15, 0.2) is 23.3 Å². The number of anilines is 1. The molecule has 0 radical (unpaired) electrons. The maximum absolute atomic E-state index is 13.5. The van der Waals surface area contributed by atoms with Gasteiger partial charge in [-0.2, -0.15) is 0 Å². The van der Waals surface area contributed by atoms with Crippen LogP contribution in [0.1, 0.15) is 5.56 Å². The van der Waals surface area contributed by atoms with Crippen LogP contribution in [-0.2, 0) is 5.75 Å². The van der Waals surface area contributed by atoms with Crippen molar-refractivity contribution >= 4 is 33.4 Å². The summed E-state index contributed by atoms with van der Waals surface area (Å²) in [5, 5.41) is 0. The van der Waals surface area contributed by atoms with Crippen molar-refractivity contribution in [3.63, 3.8) is 0 Å². The van der Waals surface area contributed by atoms with E-state index in [2.05, 4.69) is 15.9 Å². The smallest absolute Gasteiger partial charge is 0.200 e. The number of hydrogen-bond acceptors (Lipinski definition) is 2. The van der Waals surface area contributed by atoms with Crippen molar-refractivity contribution in [2.75, 3.05) is 5.73 Å². The number of thioether (sulfide) groups is 1. The van der Waals surface area contributed by atoms with Crippen molar-refractivity contribution in [2.45, 2.75) is 10.6 Å². The molecule has 2 N–H and O–H groups in total. The summed E-state index contributed by atoms with van der Waals surface area (Å²) >= 11 is 4.07. The summed E-state index contributed by atoms with van der Waals surface area (Å²) in [6.45, 7) is 0. The molecule has 21 heavy (non-hydrogen) atoms. The first kappa shape index (κ1) is 16.1. The molecule has 0 bridgehead atoms. The van der Waals surface area contributed by atoms with Crippen LogP contribution in [0.3, 0.4) is 0 Å². The van der Waals surface area contributed by atoms with Crippen LogP contribution in [0.25, 0.3) is 0 Å². The van der Waals surface area contributed by atoms with E-state index in [-0.39, 0.29) is 0 Å². The van der Waals surface area contributed by atoms with Crippen molar-refractivity contribution < 1.29 is 22.0 Å². The van der Waals surface area contributed by atoms with E-state index in [0.29, 0.717) is 15.1 Å². The van der Waals surface area contributed by atoms with Crippen LogP contribution in [0.2, 0.25) is 0 Å². The molecule has 2 aromatic rings. The Kier molecular flexibility index (Phi) is 4.77. The number of nitrogen functional groups attached to an aromatic ring is 1. The molecule has 0 aromatic heterocycles. The van der Waals surface area contributed by atoms with Gasteiger partial charge < -0.3 is 5.73 Å². The van der Waals surface area contributed by atoms with Gasteiger partial charge in [-0.05, 0) is 18.2 Å². The van der Waals surface area contributed by atoms with Crippen molar-refractivity contribution in [3.05, 3.63) is 57.3 Å². The predicted octanol–water partition coefficient (Wildman–Crippen LogP) is 5.02. The molecule has 0 unspecified atom stereocenters. The SMILES string of the molecule is Nc1cc(Br)ccc1SCc1c(F)c(F)c(F)c(F)c1F. The number of halogens is 6. The number of hydrogen-bond donors (Lipinski definition) is 1. The monoisotopic (exact) mass is 383 g/mol. The lowest BCUT2D eigenvalue weighted by atomic mass is 10.2. The van der Waals surface area contributed by atoms with E-state index in [1.165, 1.54) is 0 Å². The minimum atomic E-state index is -2.16. The van der Waals surface area contributed by atoms with Gasteiger partial charge in [-0.3, -0.25) is 0 Å². The summed E-state index contributed by atoms with van der Waals surface area (Å²) in [6, 6.07) is 4.80. The van der Waals surface area contributed by atoms with Crippen LogP contribution in [0.4, 0.5) is 27.6 Å². The number of benzene rings is 2. The van der Waals surface area contributed by atoms with E-state index in [4.69, 9.17) is 5.73 Å². The average Bonchev–Trinajstić information content (AvgIpc) is 2.45. The molecule has 112 valence electrons. The molecule has 0 saturated heterocycles. The van der Waals surface area contributed by atoms with E-state index in [1.54, 1.807) is 18.2 Å². The van der Waals surface area contributed by atoms with Crippen LogP contribution in [0, 0.1) is 29.1 Å². The normalized spacial score (nSPS) is 11.0. The van der Waals surface area contributed by atoms with E-state index in [1.807, 2.05) is 0 Å². The molecule has 2 rings (SSSR count). The number of rotatable bonds is 3. The van der Waals surface area contributed by atoms with E-state index in [9.17, 15) is 22.0 Å². The zero-order valence-corrected chi connectivity index (χ0v) is 12.6. The van der Waals surface area contributed by atoms with E-state index < -0.39 is 40.4 Å². The quantitative estimate of drug-likeness (QED) is 0.265. The van der Waals surface area contributed by atoms with Crippen LogP contribution in [-0.4, -0.2) is 0 Å². The van der Waals surface area contributed by atoms with Crippen molar-refractivity contribution in [1.82, 2.24) is 0 Å². The molecule has 0 atom stereocenters. The van der Waals surface area contributed by atoms with Crippen molar-refractivity contribution in [2.24, 2.45) is 0 Å². The van der Waals surface area contributed by atoms with Crippen LogP contribution in [0.15, 0.2) is 27.6 Å². The van der Waals surface area contributed by atoms with Crippen molar-refractivity contribution in [3.8, 4) is 0 Å². The Bertz CT molecular complexity index is 678. The maximum atomic E-state index is 13.5. The highest BCUT2D eigenvalue weighted by molar-refractivity contribution is 9.10. The highest BCUT2D eigenvalue weighted by Gasteiger charge is 2.25. The summed E-state index contributed by atoms with van der Waals surface area (Å²) in [5.74, 6) is -10.1. The summed E-state index contributed by atoms with van der Waals surface area (Å²) in [7, 11) is 0. The Balaban J connectivity index is 2.32. The second kappa shape index (κ2) is 6.23. The average molecular weight is 384 g/mol. The second-order valence-electron chi connectivity index (χ2n) is 4.02. The Morgan fingerprint density at radius 1 is 0.905 bits per heavy atom. The molecule has 0 spiro atoms. The summed E-state index contributed by atoms with van der Waals surface area (Å²) < 4.78 is 66.7. The third-order valence-electron chi connectivity index (χ3n) is 2.64. The zero-order valence-electron chi connectivity index (χ0n) is 10.2. The molecule has 0 heterocycles. The zero-order chi connectivity index (χ0) is 15.7. The minimum Gasteiger partial charge on any atom is -0.398 e. The van der Waals surface area contributed by atoms with Gasteiger partial charge >= 0.3 is 0 Å². The third-order valence-corrected chi connectivity index (χ3v) is 4.25. The molecule has 0 aliphatic rings. The Morgan fingerprint density at radius 3 is 1.95 bits per heavy atom. The topological polar surface area (TPSA) is 26.0 Å². The molecular weight excluding hydrogens is 377 g/mol. The fourth-order valence-electron chi connectivity index (χ4n) is 1.58. The molecule has 0 saturated carbocycles. The molecule has 8 heteroatoms. The first-order chi connectivity index (χ1) is 9.82. The largest absolute Gasteiger partial charge is 0.398 e. The Morgan fingerprint density at radius 2 is 1.43 bits per heavy atom. The molecule has 0 aliphatic carbocycles. The second-order valence-corrected chi connectivity index (χ2v) is 5.95. The fourth-order valence-corrected chi connectivity index (χ4v) is 2.90. The van der Waals surface area contributed by atoms with Gasteiger partial charge in [-0.1, -0.05) is 15.9 Å².